The maximum absolute atomic E-state index is 12.3. The summed E-state index contributed by atoms with van der Waals surface area (Å²) in [5.74, 6) is 2.34. The quantitative estimate of drug-likeness (QED) is 0.458. The standard InChI is InChI=1S/C24H28N4O5/c1-31-18-6-4-5-17(13-18)15-22-26-24(30)19(27-28-22)8-10-23(29)25-12-11-16-7-9-20(32-2)21(14-16)33-3/h4-7,9,13-14H,8,10-12,15H2,1-3H3,(H,25,29)(H,26,28,30). The van der Waals surface area contributed by atoms with Crippen molar-refractivity contribution in [1.82, 2.24) is 20.5 Å². The molecule has 2 aromatic carbocycles. The van der Waals surface area contributed by atoms with Crippen LogP contribution in [0.3, 0.4) is 0 Å². The molecule has 1 amide bonds. The fourth-order valence-corrected chi connectivity index (χ4v) is 3.32. The number of H-pyrrole nitrogens is 1. The van der Waals surface area contributed by atoms with Crippen molar-refractivity contribution >= 4 is 5.91 Å². The number of amides is 1. The van der Waals surface area contributed by atoms with Gasteiger partial charge in [0.2, 0.25) is 5.91 Å². The molecule has 0 aliphatic carbocycles. The number of aromatic nitrogens is 3. The third kappa shape index (κ3) is 6.80. The number of ether oxygens (including phenoxy) is 3. The maximum atomic E-state index is 12.3. The van der Waals surface area contributed by atoms with Crippen LogP contribution in [0.1, 0.15) is 29.1 Å². The number of hydrogen-bond acceptors (Lipinski definition) is 7. The molecule has 0 bridgehead atoms. The molecular formula is C24H28N4O5. The molecular weight excluding hydrogens is 424 g/mol. The van der Waals surface area contributed by atoms with Crippen LogP contribution < -0.4 is 25.1 Å². The van der Waals surface area contributed by atoms with Gasteiger partial charge in [0.1, 0.15) is 17.3 Å². The van der Waals surface area contributed by atoms with E-state index in [1.807, 2.05) is 42.5 Å². The van der Waals surface area contributed by atoms with E-state index >= 15 is 0 Å². The van der Waals surface area contributed by atoms with Gasteiger partial charge in [-0.3, -0.25) is 9.59 Å². The van der Waals surface area contributed by atoms with Gasteiger partial charge in [-0.05, 0) is 41.8 Å². The minimum atomic E-state index is -0.332. The van der Waals surface area contributed by atoms with Crippen LogP contribution in [-0.2, 0) is 24.1 Å². The predicted octanol–water partition coefficient (Wildman–Crippen LogP) is 2.07. The van der Waals surface area contributed by atoms with Crippen molar-refractivity contribution in [2.45, 2.75) is 25.7 Å². The topological polar surface area (TPSA) is 115 Å². The van der Waals surface area contributed by atoms with Gasteiger partial charge in [0.25, 0.3) is 5.56 Å². The van der Waals surface area contributed by atoms with Crippen molar-refractivity contribution in [2.75, 3.05) is 27.9 Å². The summed E-state index contributed by atoms with van der Waals surface area (Å²) in [5.41, 5.74) is 1.86. The van der Waals surface area contributed by atoms with Gasteiger partial charge in [-0.2, -0.15) is 0 Å². The maximum Gasteiger partial charge on any atom is 0.272 e. The summed E-state index contributed by atoms with van der Waals surface area (Å²) < 4.78 is 15.7. The Labute approximate surface area is 192 Å². The molecule has 174 valence electrons. The number of carbonyl (C=O) groups is 1. The summed E-state index contributed by atoms with van der Waals surface area (Å²) in [6, 6.07) is 13.2. The van der Waals surface area contributed by atoms with E-state index in [0.29, 0.717) is 36.7 Å². The van der Waals surface area contributed by atoms with E-state index in [1.54, 1.807) is 21.3 Å². The lowest BCUT2D eigenvalue weighted by molar-refractivity contribution is -0.121. The Kier molecular flexibility index (Phi) is 8.40. The van der Waals surface area contributed by atoms with Gasteiger partial charge in [-0.25, -0.2) is 0 Å². The summed E-state index contributed by atoms with van der Waals surface area (Å²) in [4.78, 5) is 27.3. The minimum absolute atomic E-state index is 0.152. The van der Waals surface area contributed by atoms with Crippen molar-refractivity contribution in [3.05, 3.63) is 75.5 Å². The molecule has 33 heavy (non-hydrogen) atoms. The van der Waals surface area contributed by atoms with E-state index in [2.05, 4.69) is 20.5 Å². The third-order valence-electron chi connectivity index (χ3n) is 5.09. The minimum Gasteiger partial charge on any atom is -0.497 e. The summed E-state index contributed by atoms with van der Waals surface area (Å²) in [5, 5.41) is 11.0. The highest BCUT2D eigenvalue weighted by Gasteiger charge is 2.10. The van der Waals surface area contributed by atoms with Crippen LogP contribution in [-0.4, -0.2) is 49.0 Å². The zero-order chi connectivity index (χ0) is 23.6. The molecule has 0 unspecified atom stereocenters. The second-order valence-corrected chi connectivity index (χ2v) is 7.37. The number of benzene rings is 2. The second kappa shape index (κ2) is 11.7. The van der Waals surface area contributed by atoms with E-state index in [1.165, 1.54) is 0 Å². The van der Waals surface area contributed by atoms with Crippen molar-refractivity contribution in [3.63, 3.8) is 0 Å². The monoisotopic (exact) mass is 452 g/mol. The van der Waals surface area contributed by atoms with Gasteiger partial charge in [0.15, 0.2) is 11.5 Å². The van der Waals surface area contributed by atoms with Gasteiger partial charge in [0.05, 0.1) is 21.3 Å². The fraction of sp³-hybridized carbons (Fsp3) is 0.333. The smallest absolute Gasteiger partial charge is 0.272 e. The van der Waals surface area contributed by atoms with Crippen LogP contribution in [0.25, 0.3) is 0 Å². The highest BCUT2D eigenvalue weighted by Crippen LogP contribution is 2.27. The lowest BCUT2D eigenvalue weighted by atomic mass is 10.1. The molecule has 0 fully saturated rings. The molecule has 3 rings (SSSR count). The first-order valence-corrected chi connectivity index (χ1v) is 10.6. The normalized spacial score (nSPS) is 10.5. The van der Waals surface area contributed by atoms with Crippen molar-refractivity contribution in [1.29, 1.82) is 0 Å². The summed E-state index contributed by atoms with van der Waals surface area (Å²) >= 11 is 0. The Morgan fingerprint density at radius 2 is 1.76 bits per heavy atom. The van der Waals surface area contributed by atoms with E-state index in [-0.39, 0.29) is 30.0 Å². The van der Waals surface area contributed by atoms with Gasteiger partial charge in [-0.15, -0.1) is 10.2 Å². The Balaban J connectivity index is 1.47. The third-order valence-corrected chi connectivity index (χ3v) is 5.09. The van der Waals surface area contributed by atoms with Crippen molar-refractivity contribution < 1.29 is 19.0 Å². The Morgan fingerprint density at radius 1 is 0.939 bits per heavy atom. The summed E-state index contributed by atoms with van der Waals surface area (Å²) in [6.45, 7) is 0.468. The van der Waals surface area contributed by atoms with Gasteiger partial charge in [0, 0.05) is 25.8 Å². The number of carbonyl (C=O) groups excluding carboxylic acids is 1. The van der Waals surface area contributed by atoms with E-state index in [4.69, 9.17) is 14.2 Å². The molecule has 3 aromatic rings. The van der Waals surface area contributed by atoms with E-state index in [9.17, 15) is 9.59 Å². The van der Waals surface area contributed by atoms with Crippen LogP contribution in [0.15, 0.2) is 47.3 Å². The van der Waals surface area contributed by atoms with E-state index < -0.39 is 0 Å². The van der Waals surface area contributed by atoms with Crippen molar-refractivity contribution in [3.8, 4) is 17.2 Å². The molecule has 0 saturated carbocycles. The first kappa shape index (κ1) is 23.8. The molecule has 9 nitrogen and oxygen atoms in total. The number of aryl methyl sites for hydroxylation is 1. The Bertz CT molecular complexity index is 1150. The lowest BCUT2D eigenvalue weighted by Crippen LogP contribution is -2.27. The summed E-state index contributed by atoms with van der Waals surface area (Å²) in [6.07, 6.45) is 1.44. The number of methoxy groups -OCH3 is 3. The van der Waals surface area contributed by atoms with Crippen LogP contribution >= 0.6 is 0 Å². The molecule has 0 atom stereocenters. The highest BCUT2D eigenvalue weighted by atomic mass is 16.5. The molecule has 0 radical (unpaired) electrons. The van der Waals surface area contributed by atoms with Crippen LogP contribution in [0, 0.1) is 0 Å². The second-order valence-electron chi connectivity index (χ2n) is 7.37. The first-order valence-electron chi connectivity index (χ1n) is 10.6. The molecule has 1 aromatic heterocycles. The highest BCUT2D eigenvalue weighted by molar-refractivity contribution is 5.76. The largest absolute Gasteiger partial charge is 0.497 e. The number of hydrogen-bond donors (Lipinski definition) is 2. The van der Waals surface area contributed by atoms with Gasteiger partial charge in [-0.1, -0.05) is 18.2 Å². The Morgan fingerprint density at radius 3 is 2.48 bits per heavy atom. The molecule has 2 N–H and O–H groups in total. The molecule has 1 heterocycles. The number of nitrogens with one attached hydrogen (secondary N) is 2. The zero-order valence-corrected chi connectivity index (χ0v) is 19.0. The zero-order valence-electron chi connectivity index (χ0n) is 19.0. The molecule has 0 aliphatic heterocycles. The average molecular weight is 453 g/mol. The molecule has 9 heteroatoms. The van der Waals surface area contributed by atoms with E-state index in [0.717, 1.165) is 16.9 Å². The number of rotatable bonds is 11. The SMILES string of the molecule is COc1cccc(Cc2nnc(CCC(=O)NCCc3ccc(OC)c(OC)c3)c(=O)[nH]2)c1. The van der Waals surface area contributed by atoms with Gasteiger partial charge >= 0.3 is 0 Å². The average Bonchev–Trinajstić information content (AvgIpc) is 2.83. The fourth-order valence-electron chi connectivity index (χ4n) is 3.32. The van der Waals surface area contributed by atoms with Crippen LogP contribution in [0.5, 0.6) is 17.2 Å². The number of nitrogens with zero attached hydrogens (tertiary/aromatic N) is 2. The first-order chi connectivity index (χ1) is 16.0. The predicted molar refractivity (Wildman–Crippen MR) is 123 cm³/mol. The molecule has 0 aliphatic rings. The Hall–Kier alpha value is -3.88. The van der Waals surface area contributed by atoms with Crippen LogP contribution in [0.4, 0.5) is 0 Å². The van der Waals surface area contributed by atoms with Crippen LogP contribution in [0.2, 0.25) is 0 Å². The number of aromatic amines is 1. The van der Waals surface area contributed by atoms with Crippen molar-refractivity contribution in [2.24, 2.45) is 0 Å². The van der Waals surface area contributed by atoms with Gasteiger partial charge < -0.3 is 24.5 Å². The molecule has 0 saturated heterocycles. The lowest BCUT2D eigenvalue weighted by Gasteiger charge is -2.10. The summed E-state index contributed by atoms with van der Waals surface area (Å²) in [7, 11) is 4.77. The molecule has 0 spiro atoms.